The predicted octanol–water partition coefficient (Wildman–Crippen LogP) is 4.93. The van der Waals surface area contributed by atoms with Crippen molar-refractivity contribution in [3.05, 3.63) is 71.8 Å². The summed E-state index contributed by atoms with van der Waals surface area (Å²) in [6.07, 6.45) is 11.5. The number of hydrogen-bond donors (Lipinski definition) is 1. The van der Waals surface area contributed by atoms with E-state index in [-0.39, 0.29) is 11.3 Å². The normalized spacial score (nSPS) is 22.0. The Morgan fingerprint density at radius 3 is 2.53 bits per heavy atom. The minimum Gasteiger partial charge on any atom is -0.342 e. The summed E-state index contributed by atoms with van der Waals surface area (Å²) in [5, 5.41) is 8.63. The van der Waals surface area contributed by atoms with Gasteiger partial charge in [0.25, 0.3) is 0 Å². The van der Waals surface area contributed by atoms with E-state index in [4.69, 9.17) is 5.41 Å². The number of hydrogen-bond acceptors (Lipinski definition) is 3. The number of carbonyl (C=O) groups is 1. The molecule has 4 nitrogen and oxygen atoms in total. The minimum absolute atomic E-state index is 0.157. The summed E-state index contributed by atoms with van der Waals surface area (Å²) in [5.41, 5.74) is 5.82. The van der Waals surface area contributed by atoms with E-state index in [1.807, 2.05) is 18.2 Å². The van der Waals surface area contributed by atoms with Crippen molar-refractivity contribution < 1.29 is 4.79 Å². The molecule has 4 rings (SSSR count). The standard InChI is InChI=1S/C28H37N3O/c1-4-6-22(5-2)20-30-13-9-23(10-14-30)27(32)31-15-11-28(12-16-31)18-24-8-7-21(3)17-25(24)26(29)19-28/h4-8,17,23,29H,1-2,9-16,18-20H2,3H3/b22-6+,29-26?. The Labute approximate surface area is 193 Å². The Balaban J connectivity index is 1.30. The van der Waals surface area contributed by atoms with Gasteiger partial charge in [-0.15, -0.1) is 0 Å². The van der Waals surface area contributed by atoms with E-state index in [9.17, 15) is 4.79 Å². The number of nitrogens with one attached hydrogen (secondary N) is 1. The van der Waals surface area contributed by atoms with Crippen LogP contribution in [-0.4, -0.2) is 54.1 Å². The first-order valence-corrected chi connectivity index (χ1v) is 12.1. The number of fused-ring (bicyclic) bond motifs is 1. The molecule has 1 spiro atoms. The van der Waals surface area contributed by atoms with Crippen LogP contribution in [0.15, 0.2) is 55.2 Å². The van der Waals surface area contributed by atoms with E-state index < -0.39 is 0 Å². The second-order valence-corrected chi connectivity index (χ2v) is 10.0. The van der Waals surface area contributed by atoms with Crippen molar-refractivity contribution in [1.82, 2.24) is 9.80 Å². The van der Waals surface area contributed by atoms with Crippen LogP contribution in [0.3, 0.4) is 0 Å². The molecular weight excluding hydrogens is 394 g/mol. The van der Waals surface area contributed by atoms with Gasteiger partial charge in [-0.3, -0.25) is 9.69 Å². The van der Waals surface area contributed by atoms with Crippen LogP contribution in [-0.2, 0) is 11.2 Å². The van der Waals surface area contributed by atoms with Crippen molar-refractivity contribution in [3.63, 3.8) is 0 Å². The smallest absolute Gasteiger partial charge is 0.225 e. The van der Waals surface area contributed by atoms with E-state index in [0.717, 1.165) is 82.5 Å². The SMILES string of the molecule is C=C/C=C(\C=C)CN1CCC(C(=O)N2CCC3(CC2)CC(=N)c2cc(C)ccc2C3)CC1. The molecule has 1 amide bonds. The van der Waals surface area contributed by atoms with Crippen molar-refractivity contribution >= 4 is 11.6 Å². The van der Waals surface area contributed by atoms with Crippen molar-refractivity contribution in [2.45, 2.75) is 45.4 Å². The fraction of sp³-hybridized carbons (Fsp3) is 0.500. The second kappa shape index (κ2) is 9.58. The maximum absolute atomic E-state index is 13.2. The van der Waals surface area contributed by atoms with Gasteiger partial charge in [-0.2, -0.15) is 0 Å². The summed E-state index contributed by atoms with van der Waals surface area (Å²) in [7, 11) is 0. The van der Waals surface area contributed by atoms with Crippen molar-refractivity contribution in [1.29, 1.82) is 5.41 Å². The summed E-state index contributed by atoms with van der Waals surface area (Å²) in [6, 6.07) is 6.55. The van der Waals surface area contributed by atoms with Crippen molar-refractivity contribution in [3.8, 4) is 0 Å². The van der Waals surface area contributed by atoms with Gasteiger partial charge in [0.1, 0.15) is 0 Å². The van der Waals surface area contributed by atoms with Gasteiger partial charge in [0.15, 0.2) is 0 Å². The van der Waals surface area contributed by atoms with Gasteiger partial charge < -0.3 is 10.3 Å². The number of carbonyl (C=O) groups excluding carboxylic acids is 1. The third-order valence-electron chi connectivity index (χ3n) is 7.78. The maximum atomic E-state index is 13.2. The summed E-state index contributed by atoms with van der Waals surface area (Å²) in [6.45, 7) is 14.3. The molecule has 170 valence electrons. The third kappa shape index (κ3) is 4.80. The molecule has 2 aliphatic heterocycles. The quantitative estimate of drug-likeness (QED) is 0.672. The second-order valence-electron chi connectivity index (χ2n) is 10.0. The molecule has 1 aliphatic carbocycles. The van der Waals surface area contributed by atoms with Gasteiger partial charge in [0.2, 0.25) is 5.91 Å². The monoisotopic (exact) mass is 431 g/mol. The molecule has 0 unspecified atom stereocenters. The zero-order valence-corrected chi connectivity index (χ0v) is 19.5. The Morgan fingerprint density at radius 2 is 1.88 bits per heavy atom. The molecular formula is C28H37N3O. The van der Waals surface area contributed by atoms with E-state index in [0.29, 0.717) is 5.91 Å². The molecule has 2 fully saturated rings. The first-order valence-electron chi connectivity index (χ1n) is 12.1. The minimum atomic E-state index is 0.157. The van der Waals surface area contributed by atoms with E-state index in [1.165, 1.54) is 16.7 Å². The number of benzene rings is 1. The van der Waals surface area contributed by atoms with Crippen LogP contribution in [0.2, 0.25) is 0 Å². The van der Waals surface area contributed by atoms with Crippen LogP contribution in [0.5, 0.6) is 0 Å². The van der Waals surface area contributed by atoms with Gasteiger partial charge in [-0.05, 0) is 86.7 Å². The molecule has 1 aromatic rings. The van der Waals surface area contributed by atoms with Crippen LogP contribution in [0.4, 0.5) is 0 Å². The molecule has 4 heteroatoms. The number of allylic oxidation sites excluding steroid dienone is 2. The Bertz CT molecular complexity index is 928. The van der Waals surface area contributed by atoms with Gasteiger partial charge in [-0.1, -0.05) is 49.1 Å². The van der Waals surface area contributed by atoms with Crippen LogP contribution >= 0.6 is 0 Å². The summed E-state index contributed by atoms with van der Waals surface area (Å²) >= 11 is 0. The number of amides is 1. The molecule has 2 heterocycles. The van der Waals surface area contributed by atoms with Crippen LogP contribution < -0.4 is 0 Å². The highest BCUT2D eigenvalue weighted by molar-refractivity contribution is 6.01. The number of aryl methyl sites for hydroxylation is 1. The highest BCUT2D eigenvalue weighted by Gasteiger charge is 2.41. The van der Waals surface area contributed by atoms with Gasteiger partial charge in [0, 0.05) is 31.3 Å². The third-order valence-corrected chi connectivity index (χ3v) is 7.78. The molecule has 1 aromatic carbocycles. The summed E-state index contributed by atoms with van der Waals surface area (Å²) in [5.74, 6) is 0.510. The van der Waals surface area contributed by atoms with Gasteiger partial charge >= 0.3 is 0 Å². The predicted molar refractivity (Wildman–Crippen MR) is 132 cm³/mol. The maximum Gasteiger partial charge on any atom is 0.225 e. The molecule has 0 atom stereocenters. The zero-order chi connectivity index (χ0) is 22.7. The van der Waals surface area contributed by atoms with Crippen molar-refractivity contribution in [2.75, 3.05) is 32.7 Å². The van der Waals surface area contributed by atoms with E-state index in [1.54, 1.807) is 0 Å². The first-order chi connectivity index (χ1) is 15.4. The Kier molecular flexibility index (Phi) is 6.80. The molecule has 0 radical (unpaired) electrons. The lowest BCUT2D eigenvalue weighted by Crippen LogP contribution is -2.49. The van der Waals surface area contributed by atoms with Crippen LogP contribution in [0.25, 0.3) is 0 Å². The topological polar surface area (TPSA) is 47.4 Å². The van der Waals surface area contributed by atoms with Crippen LogP contribution in [0, 0.1) is 23.7 Å². The fourth-order valence-electron chi connectivity index (χ4n) is 5.81. The molecule has 1 N–H and O–H groups in total. The molecule has 2 saturated heterocycles. The highest BCUT2D eigenvalue weighted by atomic mass is 16.2. The molecule has 0 saturated carbocycles. The molecule has 0 bridgehead atoms. The van der Waals surface area contributed by atoms with E-state index in [2.05, 4.69) is 48.1 Å². The first kappa shape index (κ1) is 22.7. The number of nitrogens with zero attached hydrogens (tertiary/aromatic N) is 2. The van der Waals surface area contributed by atoms with Gasteiger partial charge in [0.05, 0.1) is 0 Å². The van der Waals surface area contributed by atoms with Crippen molar-refractivity contribution in [2.24, 2.45) is 11.3 Å². The largest absolute Gasteiger partial charge is 0.342 e. The molecule has 0 aromatic heterocycles. The van der Waals surface area contributed by atoms with Gasteiger partial charge in [-0.25, -0.2) is 0 Å². The zero-order valence-electron chi connectivity index (χ0n) is 19.5. The summed E-state index contributed by atoms with van der Waals surface area (Å²) in [4.78, 5) is 17.8. The lowest BCUT2D eigenvalue weighted by molar-refractivity contribution is -0.139. The van der Waals surface area contributed by atoms with E-state index >= 15 is 0 Å². The summed E-state index contributed by atoms with van der Waals surface area (Å²) < 4.78 is 0. The molecule has 32 heavy (non-hydrogen) atoms. The van der Waals surface area contributed by atoms with Crippen LogP contribution in [0.1, 0.15) is 48.8 Å². The lowest BCUT2D eigenvalue weighted by atomic mass is 9.65. The fourth-order valence-corrected chi connectivity index (χ4v) is 5.81. The number of likely N-dealkylation sites (tertiary alicyclic amines) is 2. The highest BCUT2D eigenvalue weighted by Crippen LogP contribution is 2.44. The Morgan fingerprint density at radius 1 is 1.16 bits per heavy atom. The lowest BCUT2D eigenvalue weighted by Gasteiger charge is -2.46. The number of rotatable bonds is 5. The number of piperidine rings is 2. The molecule has 3 aliphatic rings. The Hall–Kier alpha value is -2.46. The average molecular weight is 432 g/mol. The average Bonchev–Trinajstić information content (AvgIpc) is 2.80.